The lowest BCUT2D eigenvalue weighted by molar-refractivity contribution is 0.264. The first-order valence-corrected chi connectivity index (χ1v) is 3.98. The Balaban J connectivity index is 2.87. The van der Waals surface area contributed by atoms with E-state index >= 15 is 0 Å². The summed E-state index contributed by atoms with van der Waals surface area (Å²) in [6.07, 6.45) is 3.34. The SMILES string of the molecule is CCN(C(=O)Cl)c1cnn(C)c1. The molecule has 12 heavy (non-hydrogen) atoms. The summed E-state index contributed by atoms with van der Waals surface area (Å²) < 4.78 is 1.62. The third-order valence-electron chi connectivity index (χ3n) is 1.53. The molecule has 1 heterocycles. The predicted octanol–water partition coefficient (Wildman–Crippen LogP) is 1.61. The molecule has 0 unspecified atom stereocenters. The molecule has 0 spiro atoms. The number of rotatable bonds is 2. The van der Waals surface area contributed by atoms with Gasteiger partial charge < -0.3 is 0 Å². The first-order valence-electron chi connectivity index (χ1n) is 3.60. The fourth-order valence-corrected chi connectivity index (χ4v) is 1.17. The normalized spacial score (nSPS) is 9.92. The van der Waals surface area contributed by atoms with Crippen LogP contribution in [0.4, 0.5) is 10.5 Å². The number of anilines is 1. The van der Waals surface area contributed by atoms with Crippen LogP contribution >= 0.6 is 11.6 Å². The molecule has 1 aromatic rings. The molecule has 5 heteroatoms. The molecule has 0 aliphatic rings. The maximum absolute atomic E-state index is 10.8. The van der Waals surface area contributed by atoms with Crippen LogP contribution in [-0.2, 0) is 7.05 Å². The number of nitrogens with zero attached hydrogens (tertiary/aromatic N) is 3. The fraction of sp³-hybridized carbons (Fsp3) is 0.429. The first-order chi connectivity index (χ1) is 5.65. The van der Waals surface area contributed by atoms with Gasteiger partial charge in [-0.2, -0.15) is 5.10 Å². The standard InChI is InChI=1S/C7H10ClN3O/c1-3-11(7(8)12)6-4-9-10(2)5-6/h4-5H,3H2,1-2H3. The first kappa shape index (κ1) is 9.06. The molecule has 66 valence electrons. The van der Waals surface area contributed by atoms with Gasteiger partial charge in [0.15, 0.2) is 0 Å². The van der Waals surface area contributed by atoms with Crippen molar-refractivity contribution in [1.82, 2.24) is 9.78 Å². The van der Waals surface area contributed by atoms with Crippen molar-refractivity contribution in [3.63, 3.8) is 0 Å². The van der Waals surface area contributed by atoms with Crippen LogP contribution in [0.25, 0.3) is 0 Å². The zero-order valence-corrected chi connectivity index (χ0v) is 7.75. The van der Waals surface area contributed by atoms with Crippen LogP contribution in [0.5, 0.6) is 0 Å². The van der Waals surface area contributed by atoms with Crippen LogP contribution in [0.1, 0.15) is 6.92 Å². The van der Waals surface area contributed by atoms with Crippen LogP contribution in [0.2, 0.25) is 0 Å². The van der Waals surface area contributed by atoms with Gasteiger partial charge in [0.05, 0.1) is 11.9 Å². The Hall–Kier alpha value is -1.03. The molecule has 0 saturated heterocycles. The Morgan fingerprint density at radius 1 is 1.83 bits per heavy atom. The van der Waals surface area contributed by atoms with E-state index in [2.05, 4.69) is 5.10 Å². The lowest BCUT2D eigenvalue weighted by atomic mass is 10.5. The van der Waals surface area contributed by atoms with Crippen LogP contribution in [0.15, 0.2) is 12.4 Å². The summed E-state index contributed by atoms with van der Waals surface area (Å²) in [5.41, 5.74) is 0.722. The lowest BCUT2D eigenvalue weighted by Crippen LogP contribution is -2.24. The van der Waals surface area contributed by atoms with Crippen molar-refractivity contribution in [2.24, 2.45) is 7.05 Å². The highest BCUT2D eigenvalue weighted by Gasteiger charge is 2.11. The zero-order chi connectivity index (χ0) is 9.14. The number of hydrogen-bond acceptors (Lipinski definition) is 2. The third-order valence-corrected chi connectivity index (χ3v) is 1.74. The number of carbonyl (C=O) groups excluding carboxylic acids is 1. The molecule has 1 rings (SSSR count). The van der Waals surface area contributed by atoms with E-state index in [0.29, 0.717) is 6.54 Å². The number of hydrogen-bond donors (Lipinski definition) is 0. The highest BCUT2D eigenvalue weighted by molar-refractivity contribution is 6.66. The summed E-state index contributed by atoms with van der Waals surface area (Å²) in [7, 11) is 1.79. The molecule has 0 aliphatic carbocycles. The molecule has 0 aliphatic heterocycles. The van der Waals surface area contributed by atoms with Crippen molar-refractivity contribution in [3.05, 3.63) is 12.4 Å². The summed E-state index contributed by atoms with van der Waals surface area (Å²) in [5.74, 6) is 0. The molecule has 0 fully saturated rings. The molecular formula is C7H10ClN3O. The minimum absolute atomic E-state index is 0.481. The maximum atomic E-state index is 10.8. The van der Waals surface area contributed by atoms with Crippen molar-refractivity contribution < 1.29 is 4.79 Å². The van der Waals surface area contributed by atoms with E-state index in [4.69, 9.17) is 11.6 Å². The summed E-state index contributed by atoms with van der Waals surface area (Å²) >= 11 is 5.34. The average Bonchev–Trinajstić information content (AvgIpc) is 2.37. The Morgan fingerprint density at radius 2 is 2.50 bits per heavy atom. The number of amides is 1. The van der Waals surface area contributed by atoms with E-state index in [-0.39, 0.29) is 0 Å². The van der Waals surface area contributed by atoms with Gasteiger partial charge in [-0.1, -0.05) is 0 Å². The van der Waals surface area contributed by atoms with Crippen LogP contribution in [0, 0.1) is 0 Å². The van der Waals surface area contributed by atoms with Crippen LogP contribution in [0.3, 0.4) is 0 Å². The molecule has 0 saturated carbocycles. The van der Waals surface area contributed by atoms with Gasteiger partial charge in [0, 0.05) is 19.8 Å². The highest BCUT2D eigenvalue weighted by atomic mass is 35.5. The maximum Gasteiger partial charge on any atom is 0.320 e. The number of aryl methyl sites for hydroxylation is 1. The molecule has 0 atom stereocenters. The van der Waals surface area contributed by atoms with Crippen molar-refractivity contribution >= 4 is 22.7 Å². The Morgan fingerprint density at radius 3 is 2.83 bits per heavy atom. The smallest absolute Gasteiger partial charge is 0.296 e. The Labute approximate surface area is 75.7 Å². The largest absolute Gasteiger partial charge is 0.320 e. The molecule has 0 bridgehead atoms. The second-order valence-electron chi connectivity index (χ2n) is 2.37. The molecular weight excluding hydrogens is 178 g/mol. The van der Waals surface area contributed by atoms with Crippen molar-refractivity contribution in [3.8, 4) is 0 Å². The van der Waals surface area contributed by atoms with E-state index in [1.165, 1.54) is 4.90 Å². The predicted molar refractivity (Wildman–Crippen MR) is 47.5 cm³/mol. The van der Waals surface area contributed by atoms with E-state index in [1.54, 1.807) is 24.1 Å². The van der Waals surface area contributed by atoms with Gasteiger partial charge in [-0.25, -0.2) is 0 Å². The van der Waals surface area contributed by atoms with Crippen molar-refractivity contribution in [2.45, 2.75) is 6.92 Å². The summed E-state index contributed by atoms with van der Waals surface area (Å²) in [6.45, 7) is 2.40. The third kappa shape index (κ3) is 1.76. The van der Waals surface area contributed by atoms with E-state index in [1.807, 2.05) is 6.92 Å². The highest BCUT2D eigenvalue weighted by Crippen LogP contribution is 2.13. The monoisotopic (exact) mass is 187 g/mol. The molecule has 0 radical (unpaired) electrons. The van der Waals surface area contributed by atoms with Gasteiger partial charge in [0.2, 0.25) is 0 Å². The van der Waals surface area contributed by atoms with Gasteiger partial charge in [0.25, 0.3) is 0 Å². The van der Waals surface area contributed by atoms with E-state index in [9.17, 15) is 4.79 Å². The minimum Gasteiger partial charge on any atom is -0.296 e. The summed E-state index contributed by atoms with van der Waals surface area (Å²) in [6, 6.07) is 0. The number of carbonyl (C=O) groups is 1. The van der Waals surface area contributed by atoms with Crippen LogP contribution < -0.4 is 4.90 Å². The Kier molecular flexibility index (Phi) is 2.70. The van der Waals surface area contributed by atoms with Crippen molar-refractivity contribution in [1.29, 1.82) is 0 Å². The van der Waals surface area contributed by atoms with E-state index in [0.717, 1.165) is 5.69 Å². The minimum atomic E-state index is -0.481. The second kappa shape index (κ2) is 3.58. The zero-order valence-electron chi connectivity index (χ0n) is 6.99. The second-order valence-corrected chi connectivity index (χ2v) is 2.69. The van der Waals surface area contributed by atoms with Gasteiger partial charge in [-0.3, -0.25) is 14.4 Å². The quantitative estimate of drug-likeness (QED) is 0.521. The average molecular weight is 188 g/mol. The van der Waals surface area contributed by atoms with E-state index < -0.39 is 5.37 Å². The van der Waals surface area contributed by atoms with Crippen LogP contribution in [-0.4, -0.2) is 21.7 Å². The molecule has 4 nitrogen and oxygen atoms in total. The molecule has 1 aromatic heterocycles. The van der Waals surface area contributed by atoms with Gasteiger partial charge >= 0.3 is 5.37 Å². The summed E-state index contributed by atoms with van der Waals surface area (Å²) in [5, 5.41) is 3.45. The summed E-state index contributed by atoms with van der Waals surface area (Å²) in [4.78, 5) is 12.3. The lowest BCUT2D eigenvalue weighted by Gasteiger charge is -2.13. The van der Waals surface area contributed by atoms with Gasteiger partial charge in [0.1, 0.15) is 0 Å². The number of aromatic nitrogens is 2. The van der Waals surface area contributed by atoms with Gasteiger partial charge in [-0.15, -0.1) is 0 Å². The Bertz CT molecular complexity index is 284. The molecule has 0 N–H and O–H groups in total. The number of halogens is 1. The fourth-order valence-electron chi connectivity index (χ4n) is 0.956. The van der Waals surface area contributed by atoms with Gasteiger partial charge in [-0.05, 0) is 18.5 Å². The molecule has 1 amide bonds. The topological polar surface area (TPSA) is 38.1 Å². The molecule has 0 aromatic carbocycles. The van der Waals surface area contributed by atoms with Crippen molar-refractivity contribution in [2.75, 3.05) is 11.4 Å².